The van der Waals surface area contributed by atoms with E-state index < -0.39 is 22.2 Å². The Balaban J connectivity index is 1.99. The molecular formula is C20H16N2O6. The molecule has 0 spiro atoms. The maximum Gasteiger partial charge on any atom is 0.344 e. The predicted octanol–water partition coefficient (Wildman–Crippen LogP) is 3.12. The zero-order valence-corrected chi connectivity index (χ0v) is 14.9. The Morgan fingerprint density at radius 3 is 2.57 bits per heavy atom. The van der Waals surface area contributed by atoms with Crippen molar-refractivity contribution in [3.8, 4) is 11.5 Å². The second-order valence-corrected chi connectivity index (χ2v) is 6.17. The Labute approximate surface area is 158 Å². The maximum absolute atomic E-state index is 12.7. The van der Waals surface area contributed by atoms with Gasteiger partial charge in [-0.1, -0.05) is 24.3 Å². The first-order valence-corrected chi connectivity index (χ1v) is 8.61. The number of nitro groups is 1. The van der Waals surface area contributed by atoms with Crippen molar-refractivity contribution in [2.75, 3.05) is 6.61 Å². The summed E-state index contributed by atoms with van der Waals surface area (Å²) in [4.78, 5) is 23.9. The Morgan fingerprint density at radius 2 is 1.89 bits per heavy atom. The minimum Gasteiger partial charge on any atom is -0.494 e. The number of ether oxygens (including phenoxy) is 2. The molecule has 2 aromatic carbocycles. The lowest BCUT2D eigenvalue weighted by Gasteiger charge is -2.24. The van der Waals surface area contributed by atoms with Gasteiger partial charge >= 0.3 is 11.3 Å². The van der Waals surface area contributed by atoms with E-state index in [9.17, 15) is 14.9 Å². The van der Waals surface area contributed by atoms with Crippen molar-refractivity contribution in [1.29, 1.82) is 0 Å². The van der Waals surface area contributed by atoms with Gasteiger partial charge in [-0.05, 0) is 36.8 Å². The van der Waals surface area contributed by atoms with E-state index in [2.05, 4.69) is 0 Å². The minimum absolute atomic E-state index is 0.0451. The van der Waals surface area contributed by atoms with E-state index in [0.29, 0.717) is 28.9 Å². The number of hydrogen-bond donors (Lipinski definition) is 1. The highest BCUT2D eigenvalue weighted by Gasteiger charge is 2.42. The van der Waals surface area contributed by atoms with E-state index in [1.165, 1.54) is 0 Å². The van der Waals surface area contributed by atoms with Gasteiger partial charge in [-0.3, -0.25) is 10.1 Å². The Hall–Kier alpha value is -3.81. The molecule has 142 valence electrons. The number of rotatable bonds is 4. The highest BCUT2D eigenvalue weighted by molar-refractivity contribution is 5.85. The van der Waals surface area contributed by atoms with Crippen molar-refractivity contribution in [2.45, 2.75) is 12.8 Å². The van der Waals surface area contributed by atoms with Gasteiger partial charge in [-0.25, -0.2) is 4.79 Å². The molecular weight excluding hydrogens is 364 g/mol. The Kier molecular flexibility index (Phi) is 4.23. The first kappa shape index (κ1) is 17.6. The van der Waals surface area contributed by atoms with Crippen molar-refractivity contribution in [1.82, 2.24) is 0 Å². The predicted molar refractivity (Wildman–Crippen MR) is 101 cm³/mol. The van der Waals surface area contributed by atoms with E-state index in [1.807, 2.05) is 6.92 Å². The molecule has 28 heavy (non-hydrogen) atoms. The molecule has 1 atom stereocenters. The summed E-state index contributed by atoms with van der Waals surface area (Å²) in [6, 6.07) is 13.5. The molecule has 3 aromatic rings. The molecule has 0 fully saturated rings. The summed E-state index contributed by atoms with van der Waals surface area (Å²) < 4.78 is 16.4. The molecule has 8 nitrogen and oxygen atoms in total. The van der Waals surface area contributed by atoms with E-state index in [0.717, 1.165) is 0 Å². The zero-order valence-electron chi connectivity index (χ0n) is 14.9. The zero-order chi connectivity index (χ0) is 19.8. The molecule has 0 amide bonds. The monoisotopic (exact) mass is 380 g/mol. The van der Waals surface area contributed by atoms with E-state index >= 15 is 0 Å². The summed E-state index contributed by atoms with van der Waals surface area (Å²) in [5.74, 6) is -0.597. The molecule has 0 bridgehead atoms. The highest BCUT2D eigenvalue weighted by atomic mass is 16.6. The molecule has 0 saturated heterocycles. The standard InChI is InChI=1S/C20H16N2O6/c1-2-26-12-9-7-11(8-10-12)15-16-18(28-19(21)17(15)22(24)25)13-5-3-4-6-14(13)27-20(16)23/h3-10,15H,2,21H2,1H3. The Bertz CT molecular complexity index is 1160. The van der Waals surface area contributed by atoms with Gasteiger partial charge in [0.05, 0.1) is 22.5 Å². The van der Waals surface area contributed by atoms with Gasteiger partial charge in [0, 0.05) is 0 Å². The number of allylic oxidation sites excluding steroid dienone is 1. The van der Waals surface area contributed by atoms with Crippen LogP contribution >= 0.6 is 0 Å². The fraction of sp³-hybridized carbons (Fsp3) is 0.150. The van der Waals surface area contributed by atoms with Crippen LogP contribution in [0.3, 0.4) is 0 Å². The average molecular weight is 380 g/mol. The van der Waals surface area contributed by atoms with Crippen molar-refractivity contribution in [3.63, 3.8) is 0 Å². The topological polar surface area (TPSA) is 118 Å². The third-order valence-electron chi connectivity index (χ3n) is 4.55. The van der Waals surface area contributed by atoms with Crippen LogP contribution in [-0.4, -0.2) is 11.5 Å². The fourth-order valence-electron chi connectivity index (χ4n) is 3.38. The number of hydrogen-bond acceptors (Lipinski definition) is 7. The number of fused-ring (bicyclic) bond motifs is 3. The lowest BCUT2D eigenvalue weighted by atomic mass is 9.87. The summed E-state index contributed by atoms with van der Waals surface area (Å²) in [5, 5.41) is 12.2. The van der Waals surface area contributed by atoms with Gasteiger partial charge in [0.1, 0.15) is 17.3 Å². The molecule has 4 rings (SSSR count). The molecule has 2 heterocycles. The van der Waals surface area contributed by atoms with Crippen LogP contribution in [0.15, 0.2) is 69.3 Å². The molecule has 2 N–H and O–H groups in total. The normalized spacial score (nSPS) is 15.8. The summed E-state index contributed by atoms with van der Waals surface area (Å²) in [5.41, 5.74) is 5.65. The van der Waals surface area contributed by atoms with Gasteiger partial charge in [-0.2, -0.15) is 0 Å². The molecule has 1 aliphatic heterocycles. The van der Waals surface area contributed by atoms with Gasteiger partial charge in [0.15, 0.2) is 5.75 Å². The first-order valence-electron chi connectivity index (χ1n) is 8.61. The number of nitrogens with two attached hydrogens (primary N) is 1. The van der Waals surface area contributed by atoms with Gasteiger partial charge in [-0.15, -0.1) is 0 Å². The lowest BCUT2D eigenvalue weighted by Crippen LogP contribution is -2.29. The largest absolute Gasteiger partial charge is 0.494 e. The number of para-hydroxylation sites is 1. The van der Waals surface area contributed by atoms with Crippen LogP contribution in [0.2, 0.25) is 0 Å². The van der Waals surface area contributed by atoms with Gasteiger partial charge in [0.25, 0.3) is 5.88 Å². The third-order valence-corrected chi connectivity index (χ3v) is 4.55. The van der Waals surface area contributed by atoms with Gasteiger partial charge < -0.3 is 19.6 Å². The SMILES string of the molecule is CCOc1ccc(C2C([N+](=O)[O-])=C(N)Oc3c2c(=O)oc2ccccc32)cc1. The van der Waals surface area contributed by atoms with E-state index in [4.69, 9.17) is 19.6 Å². The summed E-state index contributed by atoms with van der Waals surface area (Å²) in [7, 11) is 0. The summed E-state index contributed by atoms with van der Waals surface area (Å²) >= 11 is 0. The molecule has 1 unspecified atom stereocenters. The van der Waals surface area contributed by atoms with Crippen molar-refractivity contribution in [3.05, 3.63) is 91.8 Å². The lowest BCUT2D eigenvalue weighted by molar-refractivity contribution is -0.432. The quantitative estimate of drug-likeness (QED) is 0.420. The number of nitrogens with zero attached hydrogens (tertiary/aromatic N) is 1. The Morgan fingerprint density at radius 1 is 1.18 bits per heavy atom. The maximum atomic E-state index is 12.7. The van der Waals surface area contributed by atoms with Crippen molar-refractivity contribution >= 4 is 11.0 Å². The second kappa shape index (κ2) is 6.73. The summed E-state index contributed by atoms with van der Waals surface area (Å²) in [6.07, 6.45) is 0. The van der Waals surface area contributed by atoms with Crippen LogP contribution in [0.25, 0.3) is 11.0 Å². The fourth-order valence-corrected chi connectivity index (χ4v) is 3.38. The van der Waals surface area contributed by atoms with Crippen LogP contribution in [0.5, 0.6) is 11.5 Å². The van der Waals surface area contributed by atoms with Crippen molar-refractivity contribution in [2.24, 2.45) is 5.73 Å². The van der Waals surface area contributed by atoms with Crippen LogP contribution in [0.4, 0.5) is 0 Å². The molecule has 8 heteroatoms. The first-order chi connectivity index (χ1) is 13.5. The molecule has 1 aliphatic rings. The molecule has 0 saturated carbocycles. The van der Waals surface area contributed by atoms with Crippen molar-refractivity contribution < 1.29 is 18.8 Å². The number of benzene rings is 2. The average Bonchev–Trinajstić information content (AvgIpc) is 2.67. The molecule has 0 aliphatic carbocycles. The second-order valence-electron chi connectivity index (χ2n) is 6.17. The van der Waals surface area contributed by atoms with E-state index in [-0.39, 0.29) is 17.2 Å². The highest BCUT2D eigenvalue weighted by Crippen LogP contribution is 2.43. The molecule has 1 aromatic heterocycles. The van der Waals surface area contributed by atoms with Crippen LogP contribution in [-0.2, 0) is 0 Å². The minimum atomic E-state index is -1.03. The van der Waals surface area contributed by atoms with Crippen LogP contribution in [0, 0.1) is 10.1 Å². The smallest absolute Gasteiger partial charge is 0.344 e. The van der Waals surface area contributed by atoms with Crippen LogP contribution in [0.1, 0.15) is 24.0 Å². The molecule has 0 radical (unpaired) electrons. The van der Waals surface area contributed by atoms with Gasteiger partial charge in [0.2, 0.25) is 0 Å². The van der Waals surface area contributed by atoms with Crippen LogP contribution < -0.4 is 20.8 Å². The van der Waals surface area contributed by atoms with E-state index in [1.54, 1.807) is 48.5 Å². The third kappa shape index (κ3) is 2.75. The summed E-state index contributed by atoms with van der Waals surface area (Å²) in [6.45, 7) is 2.34.